The van der Waals surface area contributed by atoms with Crippen LogP contribution in [0.2, 0.25) is 0 Å². The van der Waals surface area contributed by atoms with Crippen molar-refractivity contribution in [2.24, 2.45) is 5.92 Å². The second kappa shape index (κ2) is 6.24. The maximum Gasteiger partial charge on any atom is 0.141 e. The number of aromatic nitrogens is 2. The molecule has 0 aliphatic rings. The number of nitrogens with two attached hydrogens (primary N) is 1. The third kappa shape index (κ3) is 5.14. The minimum atomic E-state index is 0.212. The van der Waals surface area contributed by atoms with Crippen molar-refractivity contribution in [3.63, 3.8) is 0 Å². The van der Waals surface area contributed by atoms with E-state index in [0.717, 1.165) is 28.2 Å². The van der Waals surface area contributed by atoms with E-state index >= 15 is 0 Å². The van der Waals surface area contributed by atoms with E-state index < -0.39 is 0 Å². The topological polar surface area (TPSA) is 51.8 Å². The average molecular weight is 332 g/mol. The molecule has 0 amide bonds. The van der Waals surface area contributed by atoms with Gasteiger partial charge in [0.25, 0.3) is 0 Å². The van der Waals surface area contributed by atoms with Gasteiger partial charge in [0.2, 0.25) is 0 Å². The smallest absolute Gasteiger partial charge is 0.141 e. The molecule has 2 N–H and O–H groups in total. The van der Waals surface area contributed by atoms with Crippen LogP contribution in [0.15, 0.2) is 4.47 Å². The van der Waals surface area contributed by atoms with Crippen LogP contribution in [0, 0.1) is 5.92 Å². The van der Waals surface area contributed by atoms with Crippen molar-refractivity contribution >= 4 is 33.5 Å². The zero-order chi connectivity index (χ0) is 13.9. The molecule has 0 saturated carbocycles. The molecule has 3 nitrogen and oxygen atoms in total. The number of nitrogens with zero attached hydrogens (tertiary/aromatic N) is 2. The summed E-state index contributed by atoms with van der Waals surface area (Å²) in [7, 11) is 0. The molecule has 1 aromatic rings. The van der Waals surface area contributed by atoms with Crippen molar-refractivity contribution in [1.82, 2.24) is 9.97 Å². The Morgan fingerprint density at radius 1 is 1.28 bits per heavy atom. The average Bonchev–Trinajstić information content (AvgIpc) is 2.20. The first kappa shape index (κ1) is 15.8. The number of rotatable bonds is 4. The van der Waals surface area contributed by atoms with Gasteiger partial charge in [0.1, 0.15) is 11.6 Å². The van der Waals surface area contributed by atoms with E-state index in [1.165, 1.54) is 0 Å². The second-order valence-electron chi connectivity index (χ2n) is 5.78. The van der Waals surface area contributed by atoms with E-state index in [0.29, 0.717) is 11.7 Å². The fourth-order valence-electron chi connectivity index (χ4n) is 1.43. The van der Waals surface area contributed by atoms with E-state index in [4.69, 9.17) is 5.73 Å². The lowest BCUT2D eigenvalue weighted by molar-refractivity contribution is 0.630. The molecule has 0 aliphatic heterocycles. The molecular weight excluding hydrogens is 310 g/mol. The third-order valence-electron chi connectivity index (χ3n) is 2.23. The summed E-state index contributed by atoms with van der Waals surface area (Å²) in [5.41, 5.74) is 6.95. The minimum absolute atomic E-state index is 0.212. The van der Waals surface area contributed by atoms with Gasteiger partial charge in [-0.15, -0.1) is 11.8 Å². The molecule has 0 unspecified atom stereocenters. The van der Waals surface area contributed by atoms with Crippen LogP contribution < -0.4 is 5.73 Å². The Labute approximate surface area is 122 Å². The molecule has 1 aromatic heterocycles. The fourth-order valence-corrected chi connectivity index (χ4v) is 2.46. The van der Waals surface area contributed by atoms with Gasteiger partial charge in [0, 0.05) is 4.75 Å². The molecule has 0 spiro atoms. The van der Waals surface area contributed by atoms with E-state index in [2.05, 4.69) is 60.5 Å². The normalized spacial score (nSPS) is 12.2. The molecule has 18 heavy (non-hydrogen) atoms. The predicted molar refractivity (Wildman–Crippen MR) is 83.7 cm³/mol. The van der Waals surface area contributed by atoms with Crippen LogP contribution in [0.3, 0.4) is 0 Å². The highest BCUT2D eigenvalue weighted by Crippen LogP contribution is 2.28. The van der Waals surface area contributed by atoms with Crippen LogP contribution in [-0.2, 0) is 12.2 Å². The summed E-state index contributed by atoms with van der Waals surface area (Å²) in [4.78, 5) is 8.96. The Morgan fingerprint density at radius 2 is 1.89 bits per heavy atom. The molecule has 0 radical (unpaired) electrons. The van der Waals surface area contributed by atoms with Crippen LogP contribution in [0.4, 0.5) is 5.82 Å². The summed E-state index contributed by atoms with van der Waals surface area (Å²) in [5.74, 6) is 2.72. The maximum absolute atomic E-state index is 5.93. The van der Waals surface area contributed by atoms with Gasteiger partial charge in [0.15, 0.2) is 0 Å². The summed E-state index contributed by atoms with van der Waals surface area (Å²) in [6.45, 7) is 10.9. The summed E-state index contributed by atoms with van der Waals surface area (Å²) in [6.07, 6.45) is 0.917. The molecule has 5 heteroatoms. The monoisotopic (exact) mass is 331 g/mol. The van der Waals surface area contributed by atoms with Crippen LogP contribution in [0.5, 0.6) is 0 Å². The van der Waals surface area contributed by atoms with E-state index in [-0.39, 0.29) is 4.75 Å². The van der Waals surface area contributed by atoms with Gasteiger partial charge >= 0.3 is 0 Å². The Balaban J connectivity index is 2.90. The fraction of sp³-hybridized carbons (Fsp3) is 0.692. The van der Waals surface area contributed by atoms with E-state index in [1.54, 1.807) is 0 Å². The van der Waals surface area contributed by atoms with Crippen molar-refractivity contribution in [3.8, 4) is 0 Å². The van der Waals surface area contributed by atoms with Gasteiger partial charge in [-0.3, -0.25) is 0 Å². The number of nitrogen functional groups attached to an aromatic ring is 1. The minimum Gasteiger partial charge on any atom is -0.383 e. The number of hydrogen-bond acceptors (Lipinski definition) is 4. The third-order valence-corrected chi connectivity index (χ3v) is 4.36. The quantitative estimate of drug-likeness (QED) is 0.904. The van der Waals surface area contributed by atoms with Gasteiger partial charge in [-0.1, -0.05) is 34.6 Å². The van der Waals surface area contributed by atoms with Crippen molar-refractivity contribution in [2.45, 2.75) is 51.5 Å². The van der Waals surface area contributed by atoms with E-state index in [9.17, 15) is 0 Å². The lowest BCUT2D eigenvalue weighted by Crippen LogP contribution is -2.11. The van der Waals surface area contributed by atoms with Crippen LogP contribution in [0.25, 0.3) is 0 Å². The molecule has 0 aliphatic carbocycles. The molecule has 0 atom stereocenters. The highest BCUT2D eigenvalue weighted by Gasteiger charge is 2.15. The summed E-state index contributed by atoms with van der Waals surface area (Å²) >= 11 is 5.31. The SMILES string of the molecule is CC(C)Cc1nc(CSC(C)(C)C)nc(N)c1Br. The molecular formula is C13H22BrN3S. The summed E-state index contributed by atoms with van der Waals surface area (Å²) in [5, 5.41) is 0. The van der Waals surface area contributed by atoms with Crippen LogP contribution in [-0.4, -0.2) is 14.7 Å². The van der Waals surface area contributed by atoms with Gasteiger partial charge in [-0.25, -0.2) is 9.97 Å². The highest BCUT2D eigenvalue weighted by atomic mass is 79.9. The van der Waals surface area contributed by atoms with Crippen LogP contribution in [0.1, 0.15) is 46.1 Å². The lowest BCUT2D eigenvalue weighted by Gasteiger charge is -2.17. The largest absolute Gasteiger partial charge is 0.383 e. The van der Waals surface area contributed by atoms with Gasteiger partial charge < -0.3 is 5.73 Å². The molecule has 1 heterocycles. The Kier molecular flexibility index (Phi) is 5.46. The predicted octanol–water partition coefficient (Wildman–Crippen LogP) is 4.05. The van der Waals surface area contributed by atoms with Crippen LogP contribution >= 0.6 is 27.7 Å². The second-order valence-corrected chi connectivity index (χ2v) is 8.38. The number of hydrogen-bond donors (Lipinski definition) is 1. The lowest BCUT2D eigenvalue weighted by atomic mass is 10.1. The first-order valence-corrected chi connectivity index (χ1v) is 7.91. The maximum atomic E-state index is 5.93. The molecule has 1 rings (SSSR count). The molecule has 0 fully saturated rings. The standard InChI is InChI=1S/C13H22BrN3S/c1-8(2)6-9-11(14)12(15)17-10(16-9)7-18-13(3,4)5/h8H,6-7H2,1-5H3,(H2,15,16,17). The van der Waals surface area contributed by atoms with Crippen molar-refractivity contribution in [3.05, 3.63) is 16.0 Å². The van der Waals surface area contributed by atoms with Gasteiger partial charge in [-0.05, 0) is 28.3 Å². The number of thioether (sulfide) groups is 1. The van der Waals surface area contributed by atoms with Gasteiger partial charge in [-0.2, -0.15) is 0 Å². The van der Waals surface area contributed by atoms with Crippen molar-refractivity contribution in [2.75, 3.05) is 5.73 Å². The molecule has 0 saturated heterocycles. The van der Waals surface area contributed by atoms with Crippen molar-refractivity contribution < 1.29 is 0 Å². The number of anilines is 1. The number of halogens is 1. The molecule has 102 valence electrons. The Hall–Kier alpha value is -0.290. The first-order chi connectivity index (χ1) is 8.19. The zero-order valence-corrected chi connectivity index (χ0v) is 14.2. The molecule has 0 bridgehead atoms. The van der Waals surface area contributed by atoms with Gasteiger partial charge in [0.05, 0.1) is 15.9 Å². The highest BCUT2D eigenvalue weighted by molar-refractivity contribution is 9.10. The molecule has 0 aromatic carbocycles. The Bertz CT molecular complexity index is 413. The summed E-state index contributed by atoms with van der Waals surface area (Å²) in [6, 6.07) is 0. The van der Waals surface area contributed by atoms with Crippen molar-refractivity contribution in [1.29, 1.82) is 0 Å². The first-order valence-electron chi connectivity index (χ1n) is 6.13. The summed E-state index contributed by atoms with van der Waals surface area (Å²) < 4.78 is 1.06. The zero-order valence-electron chi connectivity index (χ0n) is 11.7. The Morgan fingerprint density at radius 3 is 2.39 bits per heavy atom. The van der Waals surface area contributed by atoms with E-state index in [1.807, 2.05) is 11.8 Å².